The molecule has 1 aromatic rings. The summed E-state index contributed by atoms with van der Waals surface area (Å²) in [6, 6.07) is 4.87. The molecule has 1 aliphatic rings. The summed E-state index contributed by atoms with van der Waals surface area (Å²) in [5, 5.41) is 6.25. The molecule has 0 atom stereocenters. The highest BCUT2D eigenvalue weighted by Crippen LogP contribution is 2.31. The second-order valence-corrected chi connectivity index (χ2v) is 7.05. The molecule has 6 nitrogen and oxygen atoms in total. The largest absolute Gasteiger partial charge is 0.492 e. The molecule has 0 unspecified atom stereocenters. The summed E-state index contributed by atoms with van der Waals surface area (Å²) in [6.07, 6.45) is -1.43. The predicted molar refractivity (Wildman–Crippen MR) is 125 cm³/mol. The van der Waals surface area contributed by atoms with Crippen molar-refractivity contribution in [3.63, 3.8) is 0 Å². The number of rotatable bonds is 11. The first-order chi connectivity index (χ1) is 14.5. The van der Waals surface area contributed by atoms with E-state index >= 15 is 0 Å². The molecule has 1 aliphatic heterocycles. The van der Waals surface area contributed by atoms with Crippen LogP contribution in [0.2, 0.25) is 0 Å². The van der Waals surface area contributed by atoms with E-state index in [4.69, 9.17) is 14.2 Å². The number of hydrogen-bond acceptors (Lipinski definition) is 4. The summed E-state index contributed by atoms with van der Waals surface area (Å²) >= 11 is 0. The molecule has 2 N–H and O–H groups in total. The van der Waals surface area contributed by atoms with Gasteiger partial charge in [0.05, 0.1) is 12.1 Å². The normalized spacial score (nSPS) is 15.3. The van der Waals surface area contributed by atoms with Crippen molar-refractivity contribution in [1.29, 1.82) is 0 Å². The first kappa shape index (κ1) is 27.8. The zero-order valence-electron chi connectivity index (χ0n) is 17.9. The molecule has 0 aliphatic carbocycles. The van der Waals surface area contributed by atoms with E-state index in [1.165, 1.54) is 12.1 Å². The van der Waals surface area contributed by atoms with Crippen LogP contribution in [-0.2, 0) is 15.7 Å². The Morgan fingerprint density at radius 2 is 1.97 bits per heavy atom. The topological polar surface area (TPSA) is 64.1 Å². The van der Waals surface area contributed by atoms with Gasteiger partial charge in [-0.1, -0.05) is 6.07 Å². The summed E-state index contributed by atoms with van der Waals surface area (Å²) in [4.78, 5) is 4.48. The average Bonchev–Trinajstić information content (AvgIpc) is 2.74. The van der Waals surface area contributed by atoms with Gasteiger partial charge < -0.3 is 24.8 Å². The molecular weight excluding hydrogens is 526 g/mol. The highest BCUT2D eigenvalue weighted by Gasteiger charge is 2.30. The van der Waals surface area contributed by atoms with E-state index in [1.54, 1.807) is 0 Å². The van der Waals surface area contributed by atoms with Crippen LogP contribution in [-0.4, -0.2) is 58.6 Å². The minimum Gasteiger partial charge on any atom is -0.492 e. The van der Waals surface area contributed by atoms with Crippen LogP contribution in [0.5, 0.6) is 5.75 Å². The Bertz CT molecular complexity index is 642. The van der Waals surface area contributed by atoms with Gasteiger partial charge in [-0.25, -0.2) is 0 Å². The van der Waals surface area contributed by atoms with Gasteiger partial charge in [0.25, 0.3) is 0 Å². The third-order valence-electron chi connectivity index (χ3n) is 4.58. The van der Waals surface area contributed by atoms with E-state index in [0.29, 0.717) is 38.1 Å². The number of aliphatic imine (C=N–C) groups is 1. The molecule has 0 spiro atoms. The number of halogens is 4. The van der Waals surface area contributed by atoms with Gasteiger partial charge in [0.2, 0.25) is 0 Å². The quantitative estimate of drug-likeness (QED) is 0.185. The van der Waals surface area contributed by atoms with Crippen molar-refractivity contribution in [3.8, 4) is 5.75 Å². The Labute approximate surface area is 199 Å². The second-order valence-electron chi connectivity index (χ2n) is 7.05. The Balaban J connectivity index is 0.00000480. The Morgan fingerprint density at radius 1 is 1.19 bits per heavy atom. The van der Waals surface area contributed by atoms with Crippen LogP contribution >= 0.6 is 24.0 Å². The number of nitrogens with zero attached hydrogens (tertiary/aromatic N) is 1. The van der Waals surface area contributed by atoms with E-state index in [2.05, 4.69) is 15.6 Å². The summed E-state index contributed by atoms with van der Waals surface area (Å²) in [7, 11) is 0. The standard InChI is InChI=1S/C21H32F3N3O3.HI/c1-2-25-20(26-9-4-11-29-16-17-7-12-28-13-8-17)27-10-14-30-19-6-3-5-18(15-19)21(22,23)24;/h3,5-6,15,17H,2,4,7-14,16H2,1H3,(H2,25,26,27);1H. The highest BCUT2D eigenvalue weighted by molar-refractivity contribution is 14.0. The van der Waals surface area contributed by atoms with E-state index in [1.807, 2.05) is 6.92 Å². The molecule has 0 bridgehead atoms. The fourth-order valence-corrected chi connectivity index (χ4v) is 2.96. The van der Waals surface area contributed by atoms with E-state index in [0.717, 1.165) is 51.2 Å². The van der Waals surface area contributed by atoms with Gasteiger partial charge in [0.1, 0.15) is 12.4 Å². The minimum absolute atomic E-state index is 0. The molecule has 1 heterocycles. The zero-order valence-corrected chi connectivity index (χ0v) is 20.2. The average molecular weight is 559 g/mol. The van der Waals surface area contributed by atoms with E-state index < -0.39 is 11.7 Å². The molecule has 1 aromatic carbocycles. The summed E-state index contributed by atoms with van der Waals surface area (Å²) < 4.78 is 54.7. The molecular formula is C21H33F3IN3O3. The maximum atomic E-state index is 12.7. The molecule has 1 fully saturated rings. The predicted octanol–water partition coefficient (Wildman–Crippen LogP) is 4.09. The van der Waals surface area contributed by atoms with Crippen molar-refractivity contribution < 1.29 is 27.4 Å². The number of hydrogen-bond donors (Lipinski definition) is 2. The van der Waals surface area contributed by atoms with Crippen molar-refractivity contribution >= 4 is 29.9 Å². The lowest BCUT2D eigenvalue weighted by Crippen LogP contribution is -2.39. The summed E-state index contributed by atoms with van der Waals surface area (Å²) in [6.45, 7) is 7.03. The number of guanidine groups is 1. The molecule has 1 saturated heterocycles. The van der Waals surface area contributed by atoms with Gasteiger partial charge in [0.15, 0.2) is 5.96 Å². The number of alkyl halides is 3. The van der Waals surface area contributed by atoms with Crippen molar-refractivity contribution in [2.45, 2.75) is 32.4 Å². The Hall–Kier alpha value is -1.27. The SMILES string of the molecule is CCNC(=NCCCOCC1CCOCC1)NCCOc1cccc(C(F)(F)F)c1.I. The lowest BCUT2D eigenvalue weighted by Gasteiger charge is -2.21. The van der Waals surface area contributed by atoms with Gasteiger partial charge >= 0.3 is 6.18 Å². The minimum atomic E-state index is -4.38. The summed E-state index contributed by atoms with van der Waals surface area (Å²) in [5.74, 6) is 1.43. The van der Waals surface area contributed by atoms with Crippen LogP contribution < -0.4 is 15.4 Å². The van der Waals surface area contributed by atoms with Crippen LogP contribution in [0.3, 0.4) is 0 Å². The van der Waals surface area contributed by atoms with E-state index in [-0.39, 0.29) is 36.3 Å². The van der Waals surface area contributed by atoms with E-state index in [9.17, 15) is 13.2 Å². The van der Waals surface area contributed by atoms with Crippen LogP contribution in [0.4, 0.5) is 13.2 Å². The zero-order chi connectivity index (χ0) is 21.7. The molecule has 178 valence electrons. The molecule has 0 amide bonds. The second kappa shape index (κ2) is 15.5. The van der Waals surface area contributed by atoms with Crippen LogP contribution in [0.25, 0.3) is 0 Å². The molecule has 2 rings (SSSR count). The maximum absolute atomic E-state index is 12.7. The van der Waals surface area contributed by atoms with Crippen molar-refractivity contribution in [1.82, 2.24) is 10.6 Å². The Kier molecular flexibility index (Phi) is 13.9. The van der Waals surface area contributed by atoms with Crippen molar-refractivity contribution in [2.75, 3.05) is 52.7 Å². The number of ether oxygens (including phenoxy) is 3. The van der Waals surface area contributed by atoms with Gasteiger partial charge in [-0.05, 0) is 50.3 Å². The summed E-state index contributed by atoms with van der Waals surface area (Å²) in [5.41, 5.74) is -0.720. The molecule has 0 saturated carbocycles. The number of benzene rings is 1. The molecule has 31 heavy (non-hydrogen) atoms. The first-order valence-corrected chi connectivity index (χ1v) is 10.5. The third kappa shape index (κ3) is 11.8. The van der Waals surface area contributed by atoms with Gasteiger partial charge in [0, 0.05) is 39.5 Å². The Morgan fingerprint density at radius 3 is 2.68 bits per heavy atom. The molecule has 0 aromatic heterocycles. The van der Waals surface area contributed by atoms with Crippen molar-refractivity contribution in [2.24, 2.45) is 10.9 Å². The highest BCUT2D eigenvalue weighted by atomic mass is 127. The van der Waals surface area contributed by atoms with Gasteiger partial charge in [-0.3, -0.25) is 4.99 Å². The number of nitrogens with one attached hydrogen (secondary N) is 2. The van der Waals surface area contributed by atoms with Crippen LogP contribution in [0, 0.1) is 5.92 Å². The smallest absolute Gasteiger partial charge is 0.416 e. The lowest BCUT2D eigenvalue weighted by atomic mass is 10.0. The monoisotopic (exact) mass is 559 g/mol. The van der Waals surface area contributed by atoms with Gasteiger partial charge in [-0.2, -0.15) is 13.2 Å². The third-order valence-corrected chi connectivity index (χ3v) is 4.58. The van der Waals surface area contributed by atoms with Crippen LogP contribution in [0.1, 0.15) is 31.7 Å². The molecule has 0 radical (unpaired) electrons. The maximum Gasteiger partial charge on any atom is 0.416 e. The molecule has 10 heteroatoms. The first-order valence-electron chi connectivity index (χ1n) is 10.5. The van der Waals surface area contributed by atoms with Gasteiger partial charge in [-0.15, -0.1) is 24.0 Å². The van der Waals surface area contributed by atoms with Crippen LogP contribution in [0.15, 0.2) is 29.3 Å². The fourth-order valence-electron chi connectivity index (χ4n) is 2.96. The van der Waals surface area contributed by atoms with Crippen molar-refractivity contribution in [3.05, 3.63) is 29.8 Å². The fraction of sp³-hybridized carbons (Fsp3) is 0.667. The lowest BCUT2D eigenvalue weighted by molar-refractivity contribution is -0.137.